The summed E-state index contributed by atoms with van der Waals surface area (Å²) in [5, 5.41) is 5.18. The minimum atomic E-state index is -0.544. The normalized spacial score (nSPS) is 19.5. The third-order valence-electron chi connectivity index (χ3n) is 3.24. The zero-order chi connectivity index (χ0) is 14.7. The number of nitrogens with one attached hydrogen (secondary N) is 2. The van der Waals surface area contributed by atoms with Gasteiger partial charge in [-0.25, -0.2) is 4.39 Å². The SMILES string of the molecule is CC1C(=O)NCCN1CC(=O)Nc1cc(N)ccc1F. The van der Waals surface area contributed by atoms with Gasteiger partial charge in [-0.2, -0.15) is 0 Å². The van der Waals surface area contributed by atoms with Gasteiger partial charge < -0.3 is 16.4 Å². The molecule has 20 heavy (non-hydrogen) atoms. The second-order valence-electron chi connectivity index (χ2n) is 4.72. The van der Waals surface area contributed by atoms with Crippen LogP contribution in [0.15, 0.2) is 18.2 Å². The van der Waals surface area contributed by atoms with Gasteiger partial charge in [-0.05, 0) is 25.1 Å². The second-order valence-corrected chi connectivity index (χ2v) is 4.72. The van der Waals surface area contributed by atoms with Crippen molar-refractivity contribution in [3.63, 3.8) is 0 Å². The molecule has 4 N–H and O–H groups in total. The first-order valence-electron chi connectivity index (χ1n) is 6.34. The van der Waals surface area contributed by atoms with Crippen LogP contribution in [0.25, 0.3) is 0 Å². The molecule has 0 aliphatic carbocycles. The number of nitrogens with zero attached hydrogens (tertiary/aromatic N) is 1. The molecular weight excluding hydrogens is 263 g/mol. The van der Waals surface area contributed by atoms with Crippen molar-refractivity contribution < 1.29 is 14.0 Å². The molecule has 1 aromatic rings. The molecular formula is C13H17FN4O2. The van der Waals surface area contributed by atoms with Crippen molar-refractivity contribution >= 4 is 23.2 Å². The molecule has 1 aromatic carbocycles. The molecule has 1 unspecified atom stereocenters. The van der Waals surface area contributed by atoms with Crippen LogP contribution >= 0.6 is 0 Å². The van der Waals surface area contributed by atoms with Crippen LogP contribution in [-0.4, -0.2) is 42.4 Å². The number of carbonyl (C=O) groups excluding carboxylic acids is 2. The van der Waals surface area contributed by atoms with Crippen molar-refractivity contribution in [2.45, 2.75) is 13.0 Å². The third-order valence-corrected chi connectivity index (χ3v) is 3.24. The summed E-state index contributed by atoms with van der Waals surface area (Å²) < 4.78 is 13.5. The number of amides is 2. The summed E-state index contributed by atoms with van der Waals surface area (Å²) >= 11 is 0. The van der Waals surface area contributed by atoms with E-state index in [-0.39, 0.29) is 30.1 Å². The van der Waals surface area contributed by atoms with E-state index in [0.29, 0.717) is 18.8 Å². The summed E-state index contributed by atoms with van der Waals surface area (Å²) in [5.41, 5.74) is 5.96. The predicted octanol–water partition coefficient (Wildman–Crippen LogP) is 0.167. The van der Waals surface area contributed by atoms with Gasteiger partial charge >= 0.3 is 0 Å². The zero-order valence-corrected chi connectivity index (χ0v) is 11.1. The van der Waals surface area contributed by atoms with E-state index in [1.54, 1.807) is 11.8 Å². The minimum Gasteiger partial charge on any atom is -0.399 e. The number of nitrogen functional groups attached to an aromatic ring is 1. The lowest BCUT2D eigenvalue weighted by molar-refractivity contribution is -0.129. The Kier molecular flexibility index (Phi) is 4.19. The number of rotatable bonds is 3. The molecule has 0 radical (unpaired) electrons. The number of halogens is 1. The van der Waals surface area contributed by atoms with E-state index in [1.807, 2.05) is 0 Å². The molecule has 0 spiro atoms. The van der Waals surface area contributed by atoms with E-state index in [1.165, 1.54) is 18.2 Å². The Morgan fingerprint density at radius 2 is 2.35 bits per heavy atom. The highest BCUT2D eigenvalue weighted by Crippen LogP contribution is 2.17. The van der Waals surface area contributed by atoms with Crippen molar-refractivity contribution in [2.24, 2.45) is 0 Å². The second kappa shape index (κ2) is 5.87. The highest BCUT2D eigenvalue weighted by atomic mass is 19.1. The van der Waals surface area contributed by atoms with E-state index in [2.05, 4.69) is 10.6 Å². The van der Waals surface area contributed by atoms with Crippen LogP contribution in [-0.2, 0) is 9.59 Å². The van der Waals surface area contributed by atoms with Crippen LogP contribution in [0.3, 0.4) is 0 Å². The van der Waals surface area contributed by atoms with Gasteiger partial charge in [-0.3, -0.25) is 14.5 Å². The molecule has 1 heterocycles. The van der Waals surface area contributed by atoms with Gasteiger partial charge in [0.15, 0.2) is 0 Å². The molecule has 0 bridgehead atoms. The number of piperazine rings is 1. The molecule has 108 valence electrons. The summed E-state index contributed by atoms with van der Waals surface area (Å²) in [6, 6.07) is 3.60. The molecule has 1 aliphatic rings. The molecule has 0 aromatic heterocycles. The lowest BCUT2D eigenvalue weighted by atomic mass is 10.2. The number of hydrogen-bond donors (Lipinski definition) is 3. The smallest absolute Gasteiger partial charge is 0.238 e. The standard InChI is InChI=1S/C13H17FN4O2/c1-8-13(20)16-4-5-18(8)7-12(19)17-11-6-9(15)2-3-10(11)14/h2-3,6,8H,4-5,7,15H2,1H3,(H,16,20)(H,17,19). The van der Waals surface area contributed by atoms with Crippen molar-refractivity contribution in [1.29, 1.82) is 0 Å². The summed E-state index contributed by atoms with van der Waals surface area (Å²) in [6.45, 7) is 2.84. The van der Waals surface area contributed by atoms with E-state index in [9.17, 15) is 14.0 Å². The largest absolute Gasteiger partial charge is 0.399 e. The van der Waals surface area contributed by atoms with Gasteiger partial charge in [0.05, 0.1) is 18.3 Å². The first kappa shape index (κ1) is 14.3. The Hall–Kier alpha value is -2.15. The number of carbonyl (C=O) groups is 2. The Balaban J connectivity index is 1.98. The molecule has 1 saturated heterocycles. The topological polar surface area (TPSA) is 87.5 Å². The van der Waals surface area contributed by atoms with Gasteiger partial charge in [-0.1, -0.05) is 0 Å². The maximum absolute atomic E-state index is 13.5. The molecule has 7 heteroatoms. The van der Waals surface area contributed by atoms with Crippen LogP contribution in [0.5, 0.6) is 0 Å². The summed E-state index contributed by atoms with van der Waals surface area (Å²) in [5.74, 6) is -1.03. The molecule has 1 aliphatic heterocycles. The first-order chi connectivity index (χ1) is 9.47. The maximum Gasteiger partial charge on any atom is 0.238 e. The van der Waals surface area contributed by atoms with Crippen LogP contribution in [0.1, 0.15) is 6.92 Å². The third kappa shape index (κ3) is 3.24. The van der Waals surface area contributed by atoms with Crippen LogP contribution in [0, 0.1) is 5.82 Å². The van der Waals surface area contributed by atoms with Gasteiger partial charge in [0.2, 0.25) is 11.8 Å². The first-order valence-corrected chi connectivity index (χ1v) is 6.34. The number of anilines is 2. The molecule has 1 atom stereocenters. The summed E-state index contributed by atoms with van der Waals surface area (Å²) in [7, 11) is 0. The molecule has 2 rings (SSSR count). The lowest BCUT2D eigenvalue weighted by Crippen LogP contribution is -2.55. The fraction of sp³-hybridized carbons (Fsp3) is 0.385. The summed E-state index contributed by atoms with van der Waals surface area (Å²) in [4.78, 5) is 25.1. The number of nitrogens with two attached hydrogens (primary N) is 1. The Labute approximate surface area is 116 Å². The highest BCUT2D eigenvalue weighted by Gasteiger charge is 2.26. The van der Waals surface area contributed by atoms with Crippen molar-refractivity contribution in [1.82, 2.24) is 10.2 Å². The molecule has 1 fully saturated rings. The van der Waals surface area contributed by atoms with Crippen molar-refractivity contribution in [3.8, 4) is 0 Å². The number of hydrogen-bond acceptors (Lipinski definition) is 4. The van der Waals surface area contributed by atoms with Crippen LogP contribution in [0.2, 0.25) is 0 Å². The number of benzene rings is 1. The van der Waals surface area contributed by atoms with E-state index in [0.717, 1.165) is 0 Å². The van der Waals surface area contributed by atoms with E-state index in [4.69, 9.17) is 5.73 Å². The monoisotopic (exact) mass is 280 g/mol. The predicted molar refractivity (Wildman–Crippen MR) is 73.5 cm³/mol. The summed E-state index contributed by atoms with van der Waals surface area (Å²) in [6.07, 6.45) is 0. The Morgan fingerprint density at radius 3 is 3.10 bits per heavy atom. The molecule has 6 nitrogen and oxygen atoms in total. The fourth-order valence-corrected chi connectivity index (χ4v) is 2.06. The van der Waals surface area contributed by atoms with Gasteiger partial charge in [-0.15, -0.1) is 0 Å². The van der Waals surface area contributed by atoms with Gasteiger partial charge in [0.1, 0.15) is 5.82 Å². The van der Waals surface area contributed by atoms with Crippen LogP contribution in [0.4, 0.5) is 15.8 Å². The van der Waals surface area contributed by atoms with Crippen molar-refractivity contribution in [2.75, 3.05) is 30.7 Å². The molecule has 0 saturated carbocycles. The minimum absolute atomic E-state index is 0.0306. The van der Waals surface area contributed by atoms with Gasteiger partial charge in [0, 0.05) is 18.8 Å². The molecule has 2 amide bonds. The quantitative estimate of drug-likeness (QED) is 0.689. The highest BCUT2D eigenvalue weighted by molar-refractivity contribution is 5.93. The Bertz CT molecular complexity index is 535. The van der Waals surface area contributed by atoms with Gasteiger partial charge in [0.25, 0.3) is 0 Å². The fourth-order valence-electron chi connectivity index (χ4n) is 2.06. The lowest BCUT2D eigenvalue weighted by Gasteiger charge is -2.32. The van der Waals surface area contributed by atoms with E-state index >= 15 is 0 Å². The van der Waals surface area contributed by atoms with E-state index < -0.39 is 5.82 Å². The maximum atomic E-state index is 13.5. The average Bonchev–Trinajstić information content (AvgIpc) is 2.39. The van der Waals surface area contributed by atoms with Crippen LogP contribution < -0.4 is 16.4 Å². The zero-order valence-electron chi connectivity index (χ0n) is 11.1. The van der Waals surface area contributed by atoms with Crippen molar-refractivity contribution in [3.05, 3.63) is 24.0 Å². The average molecular weight is 280 g/mol. The Morgan fingerprint density at radius 1 is 1.60 bits per heavy atom.